The molecule has 1 rings (SSSR count). The Hall–Kier alpha value is 0.200. The SMILES string of the molecule is CC1OC=NC1I. The number of halogens is 1. The van der Waals surface area contributed by atoms with Crippen LogP contribution < -0.4 is 0 Å². The third-order valence-corrected chi connectivity index (χ3v) is 2.20. The molecule has 0 amide bonds. The van der Waals surface area contributed by atoms with Gasteiger partial charge in [0.05, 0.1) is 0 Å². The molecule has 1 aliphatic rings. The molecule has 0 saturated heterocycles. The second-order valence-electron chi connectivity index (χ2n) is 1.47. The molecule has 0 aromatic heterocycles. The standard InChI is InChI=1S/C4H6INO/c1-3-4(5)6-2-7-3/h2-4H,1H3. The van der Waals surface area contributed by atoms with E-state index in [0.717, 1.165) is 0 Å². The van der Waals surface area contributed by atoms with Gasteiger partial charge in [0, 0.05) is 0 Å². The van der Waals surface area contributed by atoms with Crippen molar-refractivity contribution in [1.82, 2.24) is 0 Å². The predicted octanol–water partition coefficient (Wildman–Crippen LogP) is 1.19. The number of ether oxygens (including phenoxy) is 1. The quantitative estimate of drug-likeness (QED) is 0.335. The minimum absolute atomic E-state index is 0.278. The fraction of sp³-hybridized carbons (Fsp3) is 0.750. The van der Waals surface area contributed by atoms with Crippen LogP contribution >= 0.6 is 22.6 Å². The summed E-state index contributed by atoms with van der Waals surface area (Å²) in [6.45, 7) is 2.00. The molecule has 0 saturated carbocycles. The van der Waals surface area contributed by atoms with Gasteiger partial charge in [-0.05, 0) is 6.92 Å². The minimum atomic E-state index is 0.278. The Morgan fingerprint density at radius 1 is 1.86 bits per heavy atom. The first-order valence-electron chi connectivity index (χ1n) is 2.12. The van der Waals surface area contributed by atoms with Crippen LogP contribution in [0, 0.1) is 0 Å². The summed E-state index contributed by atoms with van der Waals surface area (Å²) in [5, 5.41) is 0. The Kier molecular flexibility index (Phi) is 1.51. The maximum atomic E-state index is 4.97. The summed E-state index contributed by atoms with van der Waals surface area (Å²) in [5.41, 5.74) is 0. The van der Waals surface area contributed by atoms with Gasteiger partial charge in [-0.2, -0.15) is 0 Å². The van der Waals surface area contributed by atoms with E-state index in [1.54, 1.807) is 0 Å². The van der Waals surface area contributed by atoms with Gasteiger partial charge in [0.2, 0.25) is 0 Å². The minimum Gasteiger partial charge on any atom is -0.478 e. The van der Waals surface area contributed by atoms with Crippen LogP contribution in [-0.4, -0.2) is 16.6 Å². The van der Waals surface area contributed by atoms with Crippen molar-refractivity contribution in [3.63, 3.8) is 0 Å². The molecule has 1 aliphatic heterocycles. The summed E-state index contributed by atoms with van der Waals surface area (Å²) in [6, 6.07) is 0. The largest absolute Gasteiger partial charge is 0.478 e. The molecule has 0 aromatic carbocycles. The number of nitrogens with zero attached hydrogens (tertiary/aromatic N) is 1. The molecule has 0 aromatic rings. The zero-order valence-corrected chi connectivity index (χ0v) is 6.12. The molecule has 0 N–H and O–H groups in total. The monoisotopic (exact) mass is 211 g/mol. The highest BCUT2D eigenvalue weighted by Crippen LogP contribution is 2.14. The first-order valence-corrected chi connectivity index (χ1v) is 3.36. The van der Waals surface area contributed by atoms with E-state index in [-0.39, 0.29) is 6.10 Å². The van der Waals surface area contributed by atoms with E-state index in [9.17, 15) is 0 Å². The molecule has 2 atom stereocenters. The molecule has 0 fully saturated rings. The van der Waals surface area contributed by atoms with Crippen molar-refractivity contribution in [3.8, 4) is 0 Å². The Morgan fingerprint density at radius 3 is 2.71 bits per heavy atom. The molecular formula is C4H6INO. The van der Waals surface area contributed by atoms with Gasteiger partial charge in [-0.1, -0.05) is 22.6 Å². The lowest BCUT2D eigenvalue weighted by Crippen LogP contribution is -2.09. The topological polar surface area (TPSA) is 21.6 Å². The molecule has 40 valence electrons. The Labute approximate surface area is 56.1 Å². The Morgan fingerprint density at radius 2 is 2.57 bits per heavy atom. The third kappa shape index (κ3) is 1.05. The Bertz CT molecular complexity index is 93.7. The van der Waals surface area contributed by atoms with Crippen molar-refractivity contribution in [3.05, 3.63) is 0 Å². The van der Waals surface area contributed by atoms with Gasteiger partial charge >= 0.3 is 0 Å². The van der Waals surface area contributed by atoms with Gasteiger partial charge in [-0.15, -0.1) is 0 Å². The molecule has 3 heteroatoms. The average Bonchev–Trinajstić information content (AvgIpc) is 1.91. The molecule has 0 aliphatic carbocycles. The maximum absolute atomic E-state index is 4.97. The molecule has 1 heterocycles. The zero-order chi connectivity index (χ0) is 5.28. The molecular weight excluding hydrogens is 205 g/mol. The molecule has 0 spiro atoms. The number of hydrogen-bond acceptors (Lipinski definition) is 2. The van der Waals surface area contributed by atoms with Gasteiger partial charge in [-0.3, -0.25) is 0 Å². The summed E-state index contributed by atoms with van der Waals surface area (Å²) in [7, 11) is 0. The van der Waals surface area contributed by atoms with Gasteiger partial charge in [0.15, 0.2) is 6.40 Å². The van der Waals surface area contributed by atoms with Crippen molar-refractivity contribution in [1.29, 1.82) is 0 Å². The Balaban J connectivity index is 2.45. The fourth-order valence-corrected chi connectivity index (χ4v) is 0.676. The molecule has 2 unspecified atom stereocenters. The lowest BCUT2D eigenvalue weighted by molar-refractivity contribution is 0.251. The maximum Gasteiger partial charge on any atom is 0.171 e. The number of hydrogen-bond donors (Lipinski definition) is 0. The van der Waals surface area contributed by atoms with Crippen LogP contribution in [0.5, 0.6) is 0 Å². The third-order valence-electron chi connectivity index (χ3n) is 0.866. The second-order valence-corrected chi connectivity index (χ2v) is 2.74. The number of aliphatic imine (C=N–C) groups is 1. The summed E-state index contributed by atoms with van der Waals surface area (Å²) in [5.74, 6) is 0. The summed E-state index contributed by atoms with van der Waals surface area (Å²) in [4.78, 5) is 3.96. The highest BCUT2D eigenvalue weighted by Gasteiger charge is 2.16. The van der Waals surface area contributed by atoms with Crippen LogP contribution in [0.25, 0.3) is 0 Å². The number of rotatable bonds is 0. The predicted molar refractivity (Wildman–Crippen MR) is 36.8 cm³/mol. The number of alkyl halides is 1. The first-order chi connectivity index (χ1) is 3.30. The van der Waals surface area contributed by atoms with Crippen molar-refractivity contribution in [2.75, 3.05) is 0 Å². The van der Waals surface area contributed by atoms with Crippen LogP contribution in [0.4, 0.5) is 0 Å². The first kappa shape index (κ1) is 5.34. The zero-order valence-electron chi connectivity index (χ0n) is 3.97. The summed E-state index contributed by atoms with van der Waals surface area (Å²) < 4.78 is 5.30. The van der Waals surface area contributed by atoms with E-state index in [0.29, 0.717) is 4.05 Å². The lowest BCUT2D eigenvalue weighted by Gasteiger charge is -2.02. The molecule has 2 nitrogen and oxygen atoms in total. The van der Waals surface area contributed by atoms with Gasteiger partial charge in [0.25, 0.3) is 0 Å². The molecule has 0 radical (unpaired) electrons. The van der Waals surface area contributed by atoms with E-state index >= 15 is 0 Å². The van der Waals surface area contributed by atoms with E-state index < -0.39 is 0 Å². The van der Waals surface area contributed by atoms with E-state index in [2.05, 4.69) is 27.6 Å². The van der Waals surface area contributed by atoms with Crippen molar-refractivity contribution in [2.45, 2.75) is 17.1 Å². The van der Waals surface area contributed by atoms with Crippen molar-refractivity contribution < 1.29 is 4.74 Å². The van der Waals surface area contributed by atoms with E-state index in [1.807, 2.05) is 6.92 Å². The van der Waals surface area contributed by atoms with Crippen molar-refractivity contribution in [2.24, 2.45) is 4.99 Å². The molecule has 7 heavy (non-hydrogen) atoms. The fourth-order valence-electron chi connectivity index (χ4n) is 0.375. The van der Waals surface area contributed by atoms with Crippen LogP contribution in [0.15, 0.2) is 4.99 Å². The van der Waals surface area contributed by atoms with Crippen LogP contribution in [0.1, 0.15) is 6.92 Å². The highest BCUT2D eigenvalue weighted by molar-refractivity contribution is 14.1. The van der Waals surface area contributed by atoms with Gasteiger partial charge in [0.1, 0.15) is 10.2 Å². The van der Waals surface area contributed by atoms with E-state index in [4.69, 9.17) is 4.74 Å². The molecule has 0 bridgehead atoms. The van der Waals surface area contributed by atoms with Crippen LogP contribution in [-0.2, 0) is 4.74 Å². The second kappa shape index (κ2) is 1.98. The van der Waals surface area contributed by atoms with Crippen LogP contribution in [0.3, 0.4) is 0 Å². The van der Waals surface area contributed by atoms with Crippen molar-refractivity contribution >= 4 is 29.0 Å². The highest BCUT2D eigenvalue weighted by atomic mass is 127. The normalized spacial score (nSPS) is 38.6. The van der Waals surface area contributed by atoms with Gasteiger partial charge < -0.3 is 4.74 Å². The van der Waals surface area contributed by atoms with Crippen LogP contribution in [0.2, 0.25) is 0 Å². The summed E-state index contributed by atoms with van der Waals surface area (Å²) in [6.07, 6.45) is 1.79. The smallest absolute Gasteiger partial charge is 0.171 e. The lowest BCUT2D eigenvalue weighted by atomic mass is 10.4. The van der Waals surface area contributed by atoms with E-state index in [1.165, 1.54) is 6.40 Å². The average molecular weight is 211 g/mol. The van der Waals surface area contributed by atoms with Gasteiger partial charge in [-0.25, -0.2) is 4.99 Å². The summed E-state index contributed by atoms with van der Waals surface area (Å²) >= 11 is 2.24.